The molecule has 0 aromatic carbocycles. The van der Waals surface area contributed by atoms with E-state index in [1.165, 1.54) is 0 Å². The number of rotatable bonds is 7. The Kier molecular flexibility index (Phi) is 8.58. The van der Waals surface area contributed by atoms with Gasteiger partial charge in [-0.25, -0.2) is 19.4 Å². The van der Waals surface area contributed by atoms with Gasteiger partial charge in [-0.05, 0) is 18.8 Å². The van der Waals surface area contributed by atoms with Gasteiger partial charge >= 0.3 is 11.9 Å². The van der Waals surface area contributed by atoms with E-state index in [4.69, 9.17) is 0 Å². The van der Waals surface area contributed by atoms with Crippen molar-refractivity contribution in [2.75, 3.05) is 0 Å². The Morgan fingerprint density at radius 3 is 2.06 bits per heavy atom. The number of carbonyl (C=O) groups is 2. The fourth-order valence-electron chi connectivity index (χ4n) is 1.10. The normalized spacial score (nSPS) is 10.2. The molecule has 0 amide bonds. The van der Waals surface area contributed by atoms with Crippen molar-refractivity contribution in [2.24, 2.45) is 5.92 Å². The SMILES string of the molecule is CCCCCC(=O)OOC(=O)CCC(C)C. The Labute approximate surface area is 97.2 Å². The van der Waals surface area contributed by atoms with Gasteiger partial charge in [0, 0.05) is 0 Å². The molecule has 94 valence electrons. The number of hydrogen-bond acceptors (Lipinski definition) is 4. The number of carbonyl (C=O) groups excluding carboxylic acids is 2. The fourth-order valence-corrected chi connectivity index (χ4v) is 1.10. The summed E-state index contributed by atoms with van der Waals surface area (Å²) in [7, 11) is 0. The molecule has 0 radical (unpaired) electrons. The minimum Gasteiger partial charge on any atom is -0.247 e. The Bertz CT molecular complexity index is 211. The van der Waals surface area contributed by atoms with Crippen LogP contribution in [0.5, 0.6) is 0 Å². The van der Waals surface area contributed by atoms with Gasteiger partial charge in [0.2, 0.25) is 0 Å². The smallest absolute Gasteiger partial charge is 0.247 e. The molecule has 0 aromatic heterocycles. The molecule has 0 aliphatic rings. The summed E-state index contributed by atoms with van der Waals surface area (Å²) in [4.78, 5) is 30.9. The standard InChI is InChI=1S/C12H22O4/c1-4-5-6-7-11(13)15-16-12(14)9-8-10(2)3/h10H,4-9H2,1-3H3. The van der Waals surface area contributed by atoms with E-state index in [2.05, 4.69) is 16.7 Å². The molecule has 0 saturated heterocycles. The summed E-state index contributed by atoms with van der Waals surface area (Å²) < 4.78 is 0. The molecule has 0 N–H and O–H groups in total. The maximum atomic E-state index is 11.1. The second-order valence-corrected chi connectivity index (χ2v) is 4.30. The third-order valence-corrected chi connectivity index (χ3v) is 2.14. The predicted molar refractivity (Wildman–Crippen MR) is 60.4 cm³/mol. The van der Waals surface area contributed by atoms with Gasteiger partial charge in [-0.3, -0.25) is 0 Å². The third kappa shape index (κ3) is 9.49. The lowest BCUT2D eigenvalue weighted by Crippen LogP contribution is -2.11. The summed E-state index contributed by atoms with van der Waals surface area (Å²) in [5.74, 6) is -0.503. The Morgan fingerprint density at radius 1 is 1.00 bits per heavy atom. The van der Waals surface area contributed by atoms with Gasteiger partial charge in [-0.1, -0.05) is 33.6 Å². The van der Waals surface area contributed by atoms with Crippen LogP contribution in [0.15, 0.2) is 0 Å². The van der Waals surface area contributed by atoms with Crippen molar-refractivity contribution in [1.82, 2.24) is 0 Å². The maximum absolute atomic E-state index is 11.1. The van der Waals surface area contributed by atoms with Gasteiger partial charge in [0.05, 0.1) is 12.8 Å². The summed E-state index contributed by atoms with van der Waals surface area (Å²) in [6.45, 7) is 6.09. The average molecular weight is 230 g/mol. The van der Waals surface area contributed by atoms with Gasteiger partial charge in [0.25, 0.3) is 0 Å². The second-order valence-electron chi connectivity index (χ2n) is 4.30. The Morgan fingerprint density at radius 2 is 1.56 bits per heavy atom. The molecular weight excluding hydrogens is 208 g/mol. The van der Waals surface area contributed by atoms with Crippen molar-refractivity contribution in [1.29, 1.82) is 0 Å². The zero-order valence-corrected chi connectivity index (χ0v) is 10.5. The molecule has 4 nitrogen and oxygen atoms in total. The van der Waals surface area contributed by atoms with Crippen molar-refractivity contribution in [3.63, 3.8) is 0 Å². The number of unbranched alkanes of at least 4 members (excludes halogenated alkanes) is 2. The van der Waals surface area contributed by atoms with Gasteiger partial charge < -0.3 is 0 Å². The van der Waals surface area contributed by atoms with Gasteiger partial charge in [-0.2, -0.15) is 0 Å². The summed E-state index contributed by atoms with van der Waals surface area (Å²) in [5, 5.41) is 0. The van der Waals surface area contributed by atoms with Gasteiger partial charge in [0.15, 0.2) is 0 Å². The molecule has 0 fully saturated rings. The Balaban J connectivity index is 3.47. The van der Waals surface area contributed by atoms with Gasteiger partial charge in [-0.15, -0.1) is 0 Å². The lowest BCUT2D eigenvalue weighted by atomic mass is 10.1. The lowest BCUT2D eigenvalue weighted by molar-refractivity contribution is -0.259. The van der Waals surface area contributed by atoms with Crippen LogP contribution in [0.3, 0.4) is 0 Å². The molecule has 0 aromatic rings. The quantitative estimate of drug-likeness (QED) is 0.383. The molecule has 0 saturated carbocycles. The molecule has 0 bridgehead atoms. The van der Waals surface area contributed by atoms with E-state index in [1.54, 1.807) is 0 Å². The van der Waals surface area contributed by atoms with E-state index in [0.29, 0.717) is 18.8 Å². The van der Waals surface area contributed by atoms with Crippen molar-refractivity contribution in [3.05, 3.63) is 0 Å². The van der Waals surface area contributed by atoms with E-state index < -0.39 is 11.9 Å². The highest BCUT2D eigenvalue weighted by atomic mass is 17.2. The molecule has 0 heterocycles. The van der Waals surface area contributed by atoms with Crippen molar-refractivity contribution >= 4 is 11.9 Å². The summed E-state index contributed by atoms with van der Waals surface area (Å²) in [6, 6.07) is 0. The van der Waals surface area contributed by atoms with Crippen LogP contribution >= 0.6 is 0 Å². The minimum absolute atomic E-state index is 0.292. The molecular formula is C12H22O4. The van der Waals surface area contributed by atoms with Gasteiger partial charge in [0.1, 0.15) is 0 Å². The van der Waals surface area contributed by atoms with Crippen LogP contribution in [0.25, 0.3) is 0 Å². The first-order valence-electron chi connectivity index (χ1n) is 5.96. The van der Waals surface area contributed by atoms with E-state index in [0.717, 1.165) is 25.7 Å². The molecule has 0 aliphatic carbocycles. The molecule has 4 heteroatoms. The predicted octanol–water partition coefficient (Wildman–Crippen LogP) is 3.00. The van der Waals surface area contributed by atoms with Crippen LogP contribution in [-0.2, 0) is 19.4 Å². The highest BCUT2D eigenvalue weighted by Crippen LogP contribution is 2.05. The molecule has 0 spiro atoms. The van der Waals surface area contributed by atoms with Crippen LogP contribution in [-0.4, -0.2) is 11.9 Å². The monoisotopic (exact) mass is 230 g/mol. The van der Waals surface area contributed by atoms with Crippen LogP contribution in [0.2, 0.25) is 0 Å². The highest BCUT2D eigenvalue weighted by Gasteiger charge is 2.09. The lowest BCUT2D eigenvalue weighted by Gasteiger charge is -2.04. The van der Waals surface area contributed by atoms with E-state index in [9.17, 15) is 9.59 Å². The first-order chi connectivity index (χ1) is 7.56. The molecule has 0 unspecified atom stereocenters. The average Bonchev–Trinajstić information content (AvgIpc) is 2.24. The molecule has 0 rings (SSSR count). The molecule has 0 atom stereocenters. The van der Waals surface area contributed by atoms with Crippen LogP contribution in [0.4, 0.5) is 0 Å². The van der Waals surface area contributed by atoms with E-state index in [-0.39, 0.29) is 0 Å². The van der Waals surface area contributed by atoms with E-state index in [1.807, 2.05) is 13.8 Å². The van der Waals surface area contributed by atoms with Crippen molar-refractivity contribution < 1.29 is 19.4 Å². The summed E-state index contributed by atoms with van der Waals surface area (Å²) in [6.07, 6.45) is 4.15. The molecule has 16 heavy (non-hydrogen) atoms. The molecule has 0 aliphatic heterocycles. The maximum Gasteiger partial charge on any atom is 0.355 e. The first kappa shape index (κ1) is 14.9. The van der Waals surface area contributed by atoms with Crippen molar-refractivity contribution in [2.45, 2.75) is 59.3 Å². The van der Waals surface area contributed by atoms with Crippen molar-refractivity contribution in [3.8, 4) is 0 Å². The van der Waals surface area contributed by atoms with Crippen LogP contribution in [0, 0.1) is 5.92 Å². The van der Waals surface area contributed by atoms with Crippen LogP contribution in [0.1, 0.15) is 59.3 Å². The summed E-state index contributed by atoms with van der Waals surface area (Å²) >= 11 is 0. The zero-order valence-electron chi connectivity index (χ0n) is 10.5. The largest absolute Gasteiger partial charge is 0.355 e. The highest BCUT2D eigenvalue weighted by molar-refractivity contribution is 5.72. The number of hydrogen-bond donors (Lipinski definition) is 0. The summed E-state index contributed by atoms with van der Waals surface area (Å²) in [5.41, 5.74) is 0. The topological polar surface area (TPSA) is 52.6 Å². The van der Waals surface area contributed by atoms with E-state index >= 15 is 0 Å². The van der Waals surface area contributed by atoms with Crippen LogP contribution < -0.4 is 0 Å². The Hall–Kier alpha value is -1.06. The minimum atomic E-state index is -0.474. The zero-order chi connectivity index (χ0) is 12.4. The third-order valence-electron chi connectivity index (χ3n) is 2.14. The second kappa shape index (κ2) is 9.19. The fraction of sp³-hybridized carbons (Fsp3) is 0.833. The first-order valence-corrected chi connectivity index (χ1v) is 5.96.